The lowest BCUT2D eigenvalue weighted by Gasteiger charge is -2.45. The predicted molar refractivity (Wildman–Crippen MR) is 87.2 cm³/mol. The molecule has 1 N–H and O–H groups in total. The van der Waals surface area contributed by atoms with E-state index in [1.165, 1.54) is 25.7 Å². The SMILES string of the molecule is CCCNC1CCC(C(C)(C)C)CC1N(C)CCOC. The van der Waals surface area contributed by atoms with Gasteiger partial charge in [-0.1, -0.05) is 27.7 Å². The summed E-state index contributed by atoms with van der Waals surface area (Å²) in [6.07, 6.45) is 5.20. The van der Waals surface area contributed by atoms with Crippen LogP contribution >= 0.6 is 0 Å². The Morgan fingerprint density at radius 3 is 2.50 bits per heavy atom. The highest BCUT2D eigenvalue weighted by atomic mass is 16.5. The molecule has 1 aliphatic rings. The summed E-state index contributed by atoms with van der Waals surface area (Å²) in [5.74, 6) is 0.831. The monoisotopic (exact) mass is 284 g/mol. The molecule has 3 atom stereocenters. The quantitative estimate of drug-likeness (QED) is 0.777. The molecular formula is C17H36N2O. The van der Waals surface area contributed by atoms with Crippen LogP contribution in [0.4, 0.5) is 0 Å². The van der Waals surface area contributed by atoms with Crippen LogP contribution in [0.25, 0.3) is 0 Å². The summed E-state index contributed by atoms with van der Waals surface area (Å²) >= 11 is 0. The molecule has 20 heavy (non-hydrogen) atoms. The fourth-order valence-corrected chi connectivity index (χ4v) is 3.39. The van der Waals surface area contributed by atoms with E-state index < -0.39 is 0 Å². The Morgan fingerprint density at radius 1 is 1.25 bits per heavy atom. The molecule has 1 fully saturated rings. The van der Waals surface area contributed by atoms with Crippen LogP contribution in [0.3, 0.4) is 0 Å². The molecule has 0 aliphatic heterocycles. The highest BCUT2D eigenvalue weighted by molar-refractivity contribution is 4.93. The van der Waals surface area contributed by atoms with Gasteiger partial charge in [0.2, 0.25) is 0 Å². The van der Waals surface area contributed by atoms with Gasteiger partial charge in [0.1, 0.15) is 0 Å². The first-order valence-electron chi connectivity index (χ1n) is 8.32. The van der Waals surface area contributed by atoms with Crippen LogP contribution in [0, 0.1) is 11.3 Å². The van der Waals surface area contributed by atoms with E-state index in [0.717, 1.165) is 25.6 Å². The third kappa shape index (κ3) is 5.34. The van der Waals surface area contributed by atoms with E-state index in [1.807, 2.05) is 0 Å². The molecule has 0 bridgehead atoms. The lowest BCUT2D eigenvalue weighted by atomic mass is 9.69. The average Bonchev–Trinajstić information content (AvgIpc) is 2.41. The summed E-state index contributed by atoms with van der Waals surface area (Å²) < 4.78 is 5.25. The summed E-state index contributed by atoms with van der Waals surface area (Å²) in [5.41, 5.74) is 0.427. The van der Waals surface area contributed by atoms with Crippen LogP contribution in [-0.4, -0.2) is 50.8 Å². The number of methoxy groups -OCH3 is 1. The van der Waals surface area contributed by atoms with Gasteiger partial charge in [-0.15, -0.1) is 0 Å². The molecule has 0 spiro atoms. The van der Waals surface area contributed by atoms with E-state index in [-0.39, 0.29) is 0 Å². The summed E-state index contributed by atoms with van der Waals surface area (Å²) in [6.45, 7) is 12.4. The molecule has 0 radical (unpaired) electrons. The van der Waals surface area contributed by atoms with Gasteiger partial charge in [0.05, 0.1) is 6.61 Å². The zero-order valence-corrected chi connectivity index (χ0v) is 14.5. The first-order valence-corrected chi connectivity index (χ1v) is 8.32. The molecule has 0 aromatic heterocycles. The van der Waals surface area contributed by atoms with Crippen molar-refractivity contribution in [3.05, 3.63) is 0 Å². The van der Waals surface area contributed by atoms with E-state index in [4.69, 9.17) is 4.74 Å². The van der Waals surface area contributed by atoms with Gasteiger partial charge in [0.25, 0.3) is 0 Å². The second-order valence-corrected chi connectivity index (χ2v) is 7.48. The maximum Gasteiger partial charge on any atom is 0.0589 e. The second kappa shape index (κ2) is 8.35. The van der Waals surface area contributed by atoms with Crippen molar-refractivity contribution in [2.75, 3.05) is 33.9 Å². The van der Waals surface area contributed by atoms with Gasteiger partial charge in [-0.2, -0.15) is 0 Å². The predicted octanol–water partition coefficient (Wildman–Crippen LogP) is 3.15. The van der Waals surface area contributed by atoms with Gasteiger partial charge < -0.3 is 10.1 Å². The third-order valence-corrected chi connectivity index (χ3v) is 4.91. The van der Waals surface area contributed by atoms with Crippen LogP contribution in [0.2, 0.25) is 0 Å². The maximum atomic E-state index is 5.25. The van der Waals surface area contributed by atoms with Crippen LogP contribution in [0.5, 0.6) is 0 Å². The number of likely N-dealkylation sites (N-methyl/N-ethyl adjacent to an activating group) is 1. The first kappa shape index (κ1) is 17.9. The number of nitrogens with zero attached hydrogens (tertiary/aromatic N) is 1. The van der Waals surface area contributed by atoms with Crippen molar-refractivity contribution in [1.82, 2.24) is 10.2 Å². The lowest BCUT2D eigenvalue weighted by Crippen LogP contribution is -2.54. The molecule has 120 valence electrons. The highest BCUT2D eigenvalue weighted by Gasteiger charge is 2.37. The highest BCUT2D eigenvalue weighted by Crippen LogP contribution is 2.39. The summed E-state index contributed by atoms with van der Waals surface area (Å²) in [5, 5.41) is 3.77. The summed E-state index contributed by atoms with van der Waals surface area (Å²) in [4.78, 5) is 2.51. The number of hydrogen-bond donors (Lipinski definition) is 1. The zero-order chi connectivity index (χ0) is 15.2. The Hall–Kier alpha value is -0.120. The molecule has 1 aliphatic carbocycles. The van der Waals surface area contributed by atoms with E-state index in [2.05, 4.69) is 45.0 Å². The molecule has 3 unspecified atom stereocenters. The van der Waals surface area contributed by atoms with Gasteiger partial charge in [-0.05, 0) is 50.6 Å². The minimum Gasteiger partial charge on any atom is -0.383 e. The van der Waals surface area contributed by atoms with Crippen molar-refractivity contribution < 1.29 is 4.74 Å². The molecule has 0 aromatic carbocycles. The number of rotatable bonds is 7. The zero-order valence-electron chi connectivity index (χ0n) is 14.5. The Labute approximate surface area is 126 Å². The largest absolute Gasteiger partial charge is 0.383 e. The van der Waals surface area contributed by atoms with E-state index in [9.17, 15) is 0 Å². The number of ether oxygens (including phenoxy) is 1. The van der Waals surface area contributed by atoms with E-state index >= 15 is 0 Å². The standard InChI is InChI=1S/C17H36N2O/c1-7-10-18-15-9-8-14(17(2,3)4)13-16(15)19(5)11-12-20-6/h14-16,18H,7-13H2,1-6H3. The minimum atomic E-state index is 0.427. The summed E-state index contributed by atoms with van der Waals surface area (Å²) in [6, 6.07) is 1.30. The van der Waals surface area contributed by atoms with Gasteiger partial charge in [0, 0.05) is 25.7 Å². The molecule has 0 amide bonds. The second-order valence-electron chi connectivity index (χ2n) is 7.48. The van der Waals surface area contributed by atoms with Crippen molar-refractivity contribution in [3.63, 3.8) is 0 Å². The van der Waals surface area contributed by atoms with Crippen molar-refractivity contribution >= 4 is 0 Å². The molecule has 0 heterocycles. The molecule has 1 saturated carbocycles. The fraction of sp³-hybridized carbons (Fsp3) is 1.00. The minimum absolute atomic E-state index is 0.427. The van der Waals surface area contributed by atoms with Gasteiger partial charge in [0.15, 0.2) is 0 Å². The van der Waals surface area contributed by atoms with Crippen LogP contribution in [0.15, 0.2) is 0 Å². The lowest BCUT2D eigenvalue weighted by molar-refractivity contribution is 0.0568. The Balaban J connectivity index is 2.66. The van der Waals surface area contributed by atoms with Crippen LogP contribution < -0.4 is 5.32 Å². The Morgan fingerprint density at radius 2 is 1.95 bits per heavy atom. The topological polar surface area (TPSA) is 24.5 Å². The van der Waals surface area contributed by atoms with Gasteiger partial charge >= 0.3 is 0 Å². The average molecular weight is 284 g/mol. The molecule has 3 nitrogen and oxygen atoms in total. The van der Waals surface area contributed by atoms with Crippen molar-refractivity contribution in [3.8, 4) is 0 Å². The fourth-order valence-electron chi connectivity index (χ4n) is 3.39. The smallest absolute Gasteiger partial charge is 0.0589 e. The maximum absolute atomic E-state index is 5.25. The molecule has 0 aromatic rings. The van der Waals surface area contributed by atoms with E-state index in [0.29, 0.717) is 17.5 Å². The molecule has 1 rings (SSSR count). The van der Waals surface area contributed by atoms with E-state index in [1.54, 1.807) is 7.11 Å². The number of nitrogens with one attached hydrogen (secondary N) is 1. The molecule has 3 heteroatoms. The molecular weight excluding hydrogens is 248 g/mol. The summed E-state index contributed by atoms with van der Waals surface area (Å²) in [7, 11) is 4.05. The van der Waals surface area contributed by atoms with Crippen molar-refractivity contribution in [1.29, 1.82) is 0 Å². The molecule has 0 saturated heterocycles. The Bertz CT molecular complexity index is 262. The first-order chi connectivity index (χ1) is 9.40. The van der Waals surface area contributed by atoms with Gasteiger partial charge in [-0.3, -0.25) is 4.90 Å². The number of hydrogen-bond acceptors (Lipinski definition) is 3. The van der Waals surface area contributed by atoms with Crippen molar-refractivity contribution in [2.45, 2.75) is 65.5 Å². The van der Waals surface area contributed by atoms with Crippen LogP contribution in [-0.2, 0) is 4.74 Å². The van der Waals surface area contributed by atoms with Crippen molar-refractivity contribution in [2.24, 2.45) is 11.3 Å². The third-order valence-electron chi connectivity index (χ3n) is 4.91. The normalized spacial score (nSPS) is 28.1. The van der Waals surface area contributed by atoms with Gasteiger partial charge in [-0.25, -0.2) is 0 Å². The Kier molecular flexibility index (Phi) is 7.49. The van der Waals surface area contributed by atoms with Crippen LogP contribution in [0.1, 0.15) is 53.4 Å².